The van der Waals surface area contributed by atoms with Gasteiger partial charge in [0, 0.05) is 4.47 Å². The first-order valence-electron chi connectivity index (χ1n) is 7.35. The van der Waals surface area contributed by atoms with Crippen LogP contribution in [0.2, 0.25) is 10.0 Å². The first-order chi connectivity index (χ1) is 12.5. The highest BCUT2D eigenvalue weighted by Gasteiger charge is 2.39. The Kier molecular flexibility index (Phi) is 6.83. The average molecular weight is 484 g/mol. The quantitative estimate of drug-likeness (QED) is 0.507. The third-order valence-corrected chi connectivity index (χ3v) is 4.86. The Hall–Kier alpha value is -1.70. The largest absolute Gasteiger partial charge is 0.494 e. The summed E-state index contributed by atoms with van der Waals surface area (Å²) in [6.45, 7) is 0. The number of aromatic carboxylic acids is 1. The van der Waals surface area contributed by atoms with Crippen molar-refractivity contribution in [3.8, 4) is 5.75 Å². The lowest BCUT2D eigenvalue weighted by molar-refractivity contribution is -0.139. The van der Waals surface area contributed by atoms with Gasteiger partial charge in [0.15, 0.2) is 5.75 Å². The van der Waals surface area contributed by atoms with Gasteiger partial charge in [0.25, 0.3) is 0 Å². The van der Waals surface area contributed by atoms with Crippen molar-refractivity contribution in [1.29, 1.82) is 0 Å². The molecule has 144 valence electrons. The number of carboxylic acid groups (broad SMARTS) is 1. The number of methoxy groups -OCH3 is 1. The van der Waals surface area contributed by atoms with E-state index in [1.807, 2.05) is 0 Å². The molecule has 1 unspecified atom stereocenters. The van der Waals surface area contributed by atoms with E-state index in [1.165, 1.54) is 31.4 Å². The summed E-state index contributed by atoms with van der Waals surface area (Å²) >= 11 is 15.0. The normalized spacial score (nSPS) is 13.0. The average Bonchev–Trinajstić information content (AvgIpc) is 2.53. The smallest absolute Gasteiger partial charge is 0.399 e. The number of alkyl halides is 3. The van der Waals surface area contributed by atoms with Crippen LogP contribution in [0.3, 0.4) is 0 Å². The molecule has 2 rings (SSSR count). The summed E-state index contributed by atoms with van der Waals surface area (Å²) in [5.41, 5.74) is 0.260. The van der Waals surface area contributed by atoms with Gasteiger partial charge in [-0.3, -0.25) is 0 Å². The number of benzene rings is 2. The number of hydrogen-bond donors (Lipinski definition) is 1. The van der Waals surface area contributed by atoms with Gasteiger partial charge in [-0.1, -0.05) is 41.4 Å². The van der Waals surface area contributed by atoms with Crippen molar-refractivity contribution in [2.24, 2.45) is 0 Å². The number of carboxylic acids is 1. The van der Waals surface area contributed by atoms with Gasteiger partial charge in [-0.05, 0) is 51.3 Å². The van der Waals surface area contributed by atoms with Crippen molar-refractivity contribution in [3.05, 3.63) is 67.6 Å². The molecule has 0 aromatic heterocycles. The summed E-state index contributed by atoms with van der Waals surface area (Å²) in [5.74, 6) is -3.01. The van der Waals surface area contributed by atoms with Gasteiger partial charge < -0.3 is 9.84 Å². The molecule has 0 radical (unpaired) electrons. The Morgan fingerprint density at radius 2 is 1.81 bits per heavy atom. The van der Waals surface area contributed by atoms with Crippen LogP contribution in [0.25, 0.3) is 6.08 Å². The van der Waals surface area contributed by atoms with Crippen molar-refractivity contribution in [2.45, 2.75) is 12.1 Å². The zero-order chi connectivity index (χ0) is 20.4. The van der Waals surface area contributed by atoms with Crippen LogP contribution in [0.4, 0.5) is 13.2 Å². The number of halogens is 6. The topological polar surface area (TPSA) is 46.5 Å². The number of carbonyl (C=O) groups is 1. The summed E-state index contributed by atoms with van der Waals surface area (Å²) in [7, 11) is 1.31. The third-order valence-electron chi connectivity index (χ3n) is 3.64. The fraction of sp³-hybridized carbons (Fsp3) is 0.167. The molecule has 1 atom stereocenters. The van der Waals surface area contributed by atoms with Crippen molar-refractivity contribution in [3.63, 3.8) is 0 Å². The lowest BCUT2D eigenvalue weighted by Gasteiger charge is -2.19. The second-order valence-corrected chi connectivity index (χ2v) is 7.11. The monoisotopic (exact) mass is 482 g/mol. The molecule has 2 aromatic carbocycles. The van der Waals surface area contributed by atoms with E-state index in [0.29, 0.717) is 5.56 Å². The molecule has 3 nitrogen and oxygen atoms in total. The molecular weight excluding hydrogens is 472 g/mol. The van der Waals surface area contributed by atoms with Crippen LogP contribution in [0, 0.1) is 0 Å². The minimum atomic E-state index is -4.59. The maximum atomic E-state index is 13.5. The first kappa shape index (κ1) is 21.6. The zero-order valence-electron chi connectivity index (χ0n) is 13.7. The Morgan fingerprint density at radius 1 is 1.22 bits per heavy atom. The molecule has 0 amide bonds. The molecule has 0 bridgehead atoms. The van der Waals surface area contributed by atoms with Crippen LogP contribution >= 0.6 is 39.1 Å². The SMILES string of the molecule is COc1c(Cl)cc(C(/C=C/c2ccc(C(=O)O)c(Br)c2)C(F)(F)F)cc1Cl. The van der Waals surface area contributed by atoms with Crippen LogP contribution in [-0.2, 0) is 0 Å². The van der Waals surface area contributed by atoms with E-state index in [-0.39, 0.29) is 31.4 Å². The van der Waals surface area contributed by atoms with Crippen molar-refractivity contribution in [1.82, 2.24) is 0 Å². The highest BCUT2D eigenvalue weighted by molar-refractivity contribution is 9.10. The lowest BCUT2D eigenvalue weighted by Crippen LogP contribution is -2.19. The summed E-state index contributed by atoms with van der Waals surface area (Å²) in [6, 6.07) is 6.43. The van der Waals surface area contributed by atoms with Gasteiger partial charge >= 0.3 is 12.1 Å². The van der Waals surface area contributed by atoms with Gasteiger partial charge in [-0.25, -0.2) is 4.79 Å². The highest BCUT2D eigenvalue weighted by atomic mass is 79.9. The van der Waals surface area contributed by atoms with E-state index in [0.717, 1.165) is 18.2 Å². The molecule has 0 aliphatic carbocycles. The molecule has 27 heavy (non-hydrogen) atoms. The van der Waals surface area contributed by atoms with Gasteiger partial charge in [0.1, 0.15) is 0 Å². The Labute approximate surface area is 171 Å². The van der Waals surface area contributed by atoms with Crippen LogP contribution in [0.1, 0.15) is 27.4 Å². The van der Waals surface area contributed by atoms with Gasteiger partial charge in [-0.2, -0.15) is 13.2 Å². The molecule has 0 spiro atoms. The fourth-order valence-electron chi connectivity index (χ4n) is 2.38. The molecular formula is C18H12BrCl2F3O3. The zero-order valence-corrected chi connectivity index (χ0v) is 16.7. The standard InChI is InChI=1S/C18H12BrCl2F3O3/c1-27-16-14(20)7-10(8-15(16)21)12(18(22,23)24)5-3-9-2-4-11(17(25)26)13(19)6-9/h2-8,12H,1H3,(H,25,26)/b5-3+. The maximum absolute atomic E-state index is 13.5. The fourth-order valence-corrected chi connectivity index (χ4v) is 3.60. The van der Waals surface area contributed by atoms with Crippen LogP contribution < -0.4 is 4.74 Å². The maximum Gasteiger partial charge on any atom is 0.399 e. The predicted molar refractivity (Wildman–Crippen MR) is 102 cm³/mol. The van der Waals surface area contributed by atoms with Crippen LogP contribution in [0.5, 0.6) is 5.75 Å². The number of rotatable bonds is 5. The second-order valence-electron chi connectivity index (χ2n) is 5.44. The van der Waals surface area contributed by atoms with Crippen molar-refractivity contribution in [2.75, 3.05) is 7.11 Å². The van der Waals surface area contributed by atoms with Gasteiger partial charge in [0.05, 0.1) is 28.6 Å². The van der Waals surface area contributed by atoms with E-state index in [1.54, 1.807) is 0 Å². The van der Waals surface area contributed by atoms with Gasteiger partial charge in [0.2, 0.25) is 0 Å². The molecule has 0 aliphatic rings. The summed E-state index contributed by atoms with van der Waals surface area (Å²) in [4.78, 5) is 11.0. The Morgan fingerprint density at radius 3 is 2.26 bits per heavy atom. The highest BCUT2D eigenvalue weighted by Crippen LogP contribution is 2.42. The molecule has 2 aromatic rings. The van der Waals surface area contributed by atoms with E-state index < -0.39 is 18.1 Å². The molecule has 0 aliphatic heterocycles. The van der Waals surface area contributed by atoms with Crippen LogP contribution in [-0.4, -0.2) is 24.4 Å². The molecule has 0 saturated carbocycles. The number of ether oxygens (including phenoxy) is 1. The van der Waals surface area contributed by atoms with Gasteiger partial charge in [-0.15, -0.1) is 0 Å². The molecule has 0 heterocycles. The van der Waals surface area contributed by atoms with E-state index in [9.17, 15) is 18.0 Å². The third kappa shape index (κ3) is 5.18. The molecule has 0 saturated heterocycles. The lowest BCUT2D eigenvalue weighted by atomic mass is 9.96. The predicted octanol–water partition coefficient (Wildman–Crippen LogP) is 6.82. The molecule has 0 fully saturated rings. The minimum Gasteiger partial charge on any atom is -0.494 e. The number of allylic oxidation sites excluding steroid dienone is 1. The van der Waals surface area contributed by atoms with E-state index in [4.69, 9.17) is 33.0 Å². The molecule has 9 heteroatoms. The van der Waals surface area contributed by atoms with E-state index >= 15 is 0 Å². The van der Waals surface area contributed by atoms with Crippen molar-refractivity contribution < 1.29 is 27.8 Å². The number of hydrogen-bond acceptors (Lipinski definition) is 2. The van der Waals surface area contributed by atoms with Crippen LogP contribution in [0.15, 0.2) is 40.9 Å². The van der Waals surface area contributed by atoms with Crippen molar-refractivity contribution >= 4 is 51.2 Å². The minimum absolute atomic E-state index is 0.00763. The Bertz CT molecular complexity index is 875. The Balaban J connectivity index is 2.43. The first-order valence-corrected chi connectivity index (χ1v) is 8.90. The summed E-state index contributed by atoms with van der Waals surface area (Å²) in [5, 5.41) is 8.93. The second kappa shape index (κ2) is 8.54. The van der Waals surface area contributed by atoms with E-state index in [2.05, 4.69) is 15.9 Å². The molecule has 1 N–H and O–H groups in total. The summed E-state index contributed by atoms with van der Waals surface area (Å²) in [6.07, 6.45) is -2.38. The summed E-state index contributed by atoms with van der Waals surface area (Å²) < 4.78 is 45.9.